The quantitative estimate of drug-likeness (QED) is 0.852. The number of rotatable bonds is 4. The normalized spacial score (nSPS) is 17.3. The summed E-state index contributed by atoms with van der Waals surface area (Å²) in [6, 6.07) is 5.55. The van der Waals surface area contributed by atoms with Crippen LogP contribution in [0.15, 0.2) is 24.4 Å². The van der Waals surface area contributed by atoms with Crippen LogP contribution in [0.2, 0.25) is 5.02 Å². The van der Waals surface area contributed by atoms with Crippen LogP contribution >= 0.6 is 11.6 Å². The molecule has 1 aliphatic rings. The van der Waals surface area contributed by atoms with Crippen molar-refractivity contribution in [2.45, 2.75) is 32.2 Å². The molecule has 0 saturated carbocycles. The molecular formula is C18H22ClN3O2. The maximum absolute atomic E-state index is 12.9. The smallest absolute Gasteiger partial charge is 0.227 e. The van der Waals surface area contributed by atoms with E-state index in [1.54, 1.807) is 13.2 Å². The summed E-state index contributed by atoms with van der Waals surface area (Å²) in [7, 11) is 3.52. The SMILES string of the molecule is COc1cccc(Cl)c1CC(=O)N1CCC[C@H]1c1cnn(C)c1C. The average molecular weight is 348 g/mol. The minimum absolute atomic E-state index is 0.0761. The molecule has 3 rings (SSSR count). The standard InChI is InChI=1S/C18H22ClN3O2/c1-12-14(11-20-21(12)2)16-7-5-9-22(16)18(23)10-13-15(19)6-4-8-17(13)24-3/h4,6,8,11,16H,5,7,9-10H2,1-3H3/t16-/m0/s1. The largest absolute Gasteiger partial charge is 0.496 e. The molecule has 5 nitrogen and oxygen atoms in total. The molecule has 2 heterocycles. The molecule has 128 valence electrons. The summed E-state index contributed by atoms with van der Waals surface area (Å²) in [5.74, 6) is 0.733. The lowest BCUT2D eigenvalue weighted by Gasteiger charge is -2.25. The van der Waals surface area contributed by atoms with Gasteiger partial charge in [0.1, 0.15) is 5.75 Å². The van der Waals surface area contributed by atoms with Gasteiger partial charge in [-0.3, -0.25) is 9.48 Å². The predicted octanol–water partition coefficient (Wildman–Crippen LogP) is 3.30. The second-order valence-corrected chi connectivity index (χ2v) is 6.56. The number of halogens is 1. The third kappa shape index (κ3) is 3.00. The van der Waals surface area contributed by atoms with E-state index in [1.807, 2.05) is 41.9 Å². The zero-order valence-corrected chi connectivity index (χ0v) is 15.0. The van der Waals surface area contributed by atoms with Crippen LogP contribution in [0.25, 0.3) is 0 Å². The number of nitrogens with zero attached hydrogens (tertiary/aromatic N) is 3. The van der Waals surface area contributed by atoms with E-state index >= 15 is 0 Å². The predicted molar refractivity (Wildman–Crippen MR) is 93.3 cm³/mol. The first-order valence-corrected chi connectivity index (χ1v) is 8.50. The number of carbonyl (C=O) groups excluding carboxylic acids is 1. The third-order valence-electron chi connectivity index (χ3n) is 4.83. The number of aromatic nitrogens is 2. The van der Waals surface area contributed by atoms with Crippen molar-refractivity contribution in [3.63, 3.8) is 0 Å². The molecule has 2 aromatic rings. The minimum atomic E-state index is 0.0761. The zero-order valence-electron chi connectivity index (χ0n) is 14.3. The Kier molecular flexibility index (Phi) is 4.81. The lowest BCUT2D eigenvalue weighted by atomic mass is 10.0. The molecule has 6 heteroatoms. The number of carbonyl (C=O) groups is 1. The van der Waals surface area contributed by atoms with Gasteiger partial charge in [0, 0.05) is 35.4 Å². The van der Waals surface area contributed by atoms with Gasteiger partial charge < -0.3 is 9.64 Å². The Bertz CT molecular complexity index is 757. The summed E-state index contributed by atoms with van der Waals surface area (Å²) in [6.45, 7) is 2.81. The number of benzene rings is 1. The number of methoxy groups -OCH3 is 1. The van der Waals surface area contributed by atoms with Gasteiger partial charge in [-0.25, -0.2) is 0 Å². The van der Waals surface area contributed by atoms with E-state index in [9.17, 15) is 4.79 Å². The maximum Gasteiger partial charge on any atom is 0.227 e. The maximum atomic E-state index is 12.9. The molecule has 1 atom stereocenters. The molecule has 1 aromatic heterocycles. The highest BCUT2D eigenvalue weighted by atomic mass is 35.5. The van der Waals surface area contributed by atoms with Crippen molar-refractivity contribution in [1.82, 2.24) is 14.7 Å². The summed E-state index contributed by atoms with van der Waals surface area (Å²) in [5, 5.41) is 4.88. The van der Waals surface area contributed by atoms with Crippen molar-refractivity contribution in [3.05, 3.63) is 46.2 Å². The van der Waals surface area contributed by atoms with Gasteiger partial charge in [-0.05, 0) is 31.9 Å². The highest BCUT2D eigenvalue weighted by molar-refractivity contribution is 6.31. The Hall–Kier alpha value is -2.01. The first kappa shape index (κ1) is 16.8. The van der Waals surface area contributed by atoms with Crippen LogP contribution in [0, 0.1) is 6.92 Å². The Morgan fingerprint density at radius 1 is 1.46 bits per heavy atom. The Morgan fingerprint density at radius 2 is 2.25 bits per heavy atom. The molecule has 1 fully saturated rings. The number of likely N-dealkylation sites (tertiary alicyclic amines) is 1. The van der Waals surface area contributed by atoms with Crippen molar-refractivity contribution in [2.75, 3.05) is 13.7 Å². The first-order chi connectivity index (χ1) is 11.5. The van der Waals surface area contributed by atoms with E-state index in [-0.39, 0.29) is 18.4 Å². The van der Waals surface area contributed by atoms with Crippen molar-refractivity contribution in [1.29, 1.82) is 0 Å². The van der Waals surface area contributed by atoms with Crippen LogP contribution < -0.4 is 4.74 Å². The molecule has 1 amide bonds. The fourth-order valence-electron chi connectivity index (χ4n) is 3.39. The lowest BCUT2D eigenvalue weighted by molar-refractivity contribution is -0.131. The molecule has 0 spiro atoms. The number of amides is 1. The van der Waals surface area contributed by atoms with Gasteiger partial charge >= 0.3 is 0 Å². The van der Waals surface area contributed by atoms with Crippen molar-refractivity contribution in [2.24, 2.45) is 7.05 Å². The fourth-order valence-corrected chi connectivity index (χ4v) is 3.62. The monoisotopic (exact) mass is 347 g/mol. The van der Waals surface area contributed by atoms with E-state index in [2.05, 4.69) is 5.10 Å². The lowest BCUT2D eigenvalue weighted by Crippen LogP contribution is -2.32. The third-order valence-corrected chi connectivity index (χ3v) is 5.18. The van der Waals surface area contributed by atoms with Crippen LogP contribution in [0.5, 0.6) is 5.75 Å². The van der Waals surface area contributed by atoms with E-state index in [4.69, 9.17) is 16.3 Å². The fraction of sp³-hybridized carbons (Fsp3) is 0.444. The molecular weight excluding hydrogens is 326 g/mol. The van der Waals surface area contributed by atoms with E-state index in [0.717, 1.165) is 36.2 Å². The zero-order chi connectivity index (χ0) is 17.3. The summed E-state index contributed by atoms with van der Waals surface area (Å²) in [6.07, 6.45) is 4.10. The molecule has 0 unspecified atom stereocenters. The number of hydrogen-bond acceptors (Lipinski definition) is 3. The van der Waals surface area contributed by atoms with Gasteiger partial charge in [0.2, 0.25) is 5.91 Å². The average Bonchev–Trinajstić information content (AvgIpc) is 3.17. The highest BCUT2D eigenvalue weighted by Gasteiger charge is 2.32. The molecule has 0 bridgehead atoms. The van der Waals surface area contributed by atoms with Crippen molar-refractivity contribution >= 4 is 17.5 Å². The minimum Gasteiger partial charge on any atom is -0.496 e. The number of ether oxygens (including phenoxy) is 1. The van der Waals surface area contributed by atoms with Gasteiger partial charge in [-0.2, -0.15) is 5.10 Å². The molecule has 1 aromatic carbocycles. The van der Waals surface area contributed by atoms with Crippen LogP contribution in [0.4, 0.5) is 0 Å². The van der Waals surface area contributed by atoms with Crippen molar-refractivity contribution in [3.8, 4) is 5.75 Å². The van der Waals surface area contributed by atoms with E-state index in [0.29, 0.717) is 10.8 Å². The molecule has 0 radical (unpaired) electrons. The summed E-state index contributed by atoms with van der Waals surface area (Å²) < 4.78 is 7.21. The van der Waals surface area contributed by atoms with Crippen LogP contribution in [0.3, 0.4) is 0 Å². The Labute approximate surface area is 147 Å². The van der Waals surface area contributed by atoms with Crippen molar-refractivity contribution < 1.29 is 9.53 Å². The van der Waals surface area contributed by atoms with Gasteiger partial charge in [-0.1, -0.05) is 17.7 Å². The van der Waals surface area contributed by atoms with Gasteiger partial charge in [0.05, 0.1) is 25.8 Å². The second-order valence-electron chi connectivity index (χ2n) is 6.15. The topological polar surface area (TPSA) is 47.4 Å². The number of aryl methyl sites for hydroxylation is 1. The summed E-state index contributed by atoms with van der Waals surface area (Å²) in [5.41, 5.74) is 2.99. The van der Waals surface area contributed by atoms with Gasteiger partial charge in [0.15, 0.2) is 0 Å². The Morgan fingerprint density at radius 3 is 2.92 bits per heavy atom. The number of hydrogen-bond donors (Lipinski definition) is 0. The summed E-state index contributed by atoms with van der Waals surface area (Å²) >= 11 is 6.28. The molecule has 1 saturated heterocycles. The van der Waals surface area contributed by atoms with E-state index in [1.165, 1.54) is 0 Å². The Balaban J connectivity index is 1.83. The van der Waals surface area contributed by atoms with Crippen LogP contribution in [-0.4, -0.2) is 34.2 Å². The van der Waals surface area contributed by atoms with Gasteiger partial charge in [0.25, 0.3) is 0 Å². The van der Waals surface area contributed by atoms with E-state index < -0.39 is 0 Å². The van der Waals surface area contributed by atoms with Gasteiger partial charge in [-0.15, -0.1) is 0 Å². The molecule has 0 N–H and O–H groups in total. The molecule has 24 heavy (non-hydrogen) atoms. The molecule has 0 aliphatic carbocycles. The summed E-state index contributed by atoms with van der Waals surface area (Å²) in [4.78, 5) is 14.9. The van der Waals surface area contributed by atoms with Crippen LogP contribution in [0.1, 0.15) is 35.7 Å². The van der Waals surface area contributed by atoms with Crippen LogP contribution in [-0.2, 0) is 18.3 Å². The molecule has 1 aliphatic heterocycles. The second kappa shape index (κ2) is 6.85. The highest BCUT2D eigenvalue weighted by Crippen LogP contribution is 2.35. The first-order valence-electron chi connectivity index (χ1n) is 8.12.